The molecule has 0 radical (unpaired) electrons. The number of carbonyl (C=O) groups excluding carboxylic acids is 2. The number of amides is 3. The molecule has 0 spiro atoms. The third kappa shape index (κ3) is 3.93. The third-order valence-electron chi connectivity index (χ3n) is 5.19. The van der Waals surface area contributed by atoms with E-state index in [1.807, 2.05) is 49.4 Å². The van der Waals surface area contributed by atoms with E-state index in [2.05, 4.69) is 4.98 Å². The molecule has 7 heteroatoms. The summed E-state index contributed by atoms with van der Waals surface area (Å²) in [4.78, 5) is 34.7. The van der Waals surface area contributed by atoms with Gasteiger partial charge in [-0.25, -0.2) is 9.78 Å². The van der Waals surface area contributed by atoms with Crippen LogP contribution in [0.5, 0.6) is 5.88 Å². The highest BCUT2D eigenvalue weighted by Gasteiger charge is 2.34. The Morgan fingerprint density at radius 3 is 2.71 bits per heavy atom. The molecule has 2 fully saturated rings. The summed E-state index contributed by atoms with van der Waals surface area (Å²) in [5, 5.41) is 0. The second-order valence-electron chi connectivity index (χ2n) is 7.23. The average Bonchev–Trinajstić information content (AvgIpc) is 3.31. The number of nitrogens with zero attached hydrogens (tertiary/aromatic N) is 4. The highest BCUT2D eigenvalue weighted by atomic mass is 16.5. The molecule has 1 unspecified atom stereocenters. The predicted octanol–water partition coefficient (Wildman–Crippen LogP) is 2.31. The highest BCUT2D eigenvalue weighted by molar-refractivity contribution is 5.96. The van der Waals surface area contributed by atoms with E-state index in [4.69, 9.17) is 4.74 Å². The molecule has 0 aliphatic carbocycles. The maximum Gasteiger partial charge on any atom is 0.325 e. The Morgan fingerprint density at radius 2 is 1.96 bits per heavy atom. The molecule has 7 nitrogen and oxygen atoms in total. The van der Waals surface area contributed by atoms with Crippen LogP contribution in [-0.4, -0.2) is 65.5 Å². The van der Waals surface area contributed by atoms with Crippen molar-refractivity contribution in [1.29, 1.82) is 0 Å². The van der Waals surface area contributed by atoms with Crippen LogP contribution >= 0.6 is 0 Å². The van der Waals surface area contributed by atoms with Crippen molar-refractivity contribution >= 4 is 17.6 Å². The number of anilines is 1. The molecule has 1 atom stereocenters. The van der Waals surface area contributed by atoms with E-state index in [1.54, 1.807) is 20.9 Å². The molecule has 0 bridgehead atoms. The normalized spacial score (nSPS) is 19.4. The summed E-state index contributed by atoms with van der Waals surface area (Å²) in [6, 6.07) is 13.3. The summed E-state index contributed by atoms with van der Waals surface area (Å²) in [5.41, 5.74) is 2.02. The third-order valence-corrected chi connectivity index (χ3v) is 5.19. The number of carbonyl (C=O) groups is 2. The number of hydrogen-bond donors (Lipinski definition) is 0. The van der Waals surface area contributed by atoms with Crippen LogP contribution in [-0.2, 0) is 4.79 Å². The largest absolute Gasteiger partial charge is 0.472 e. The van der Waals surface area contributed by atoms with Crippen LogP contribution < -0.4 is 9.64 Å². The Hall–Kier alpha value is -3.09. The standard InChI is InChI=1S/C21H24N4O3/c1-16-5-7-17(8-6-16)25-13-12-24(21(25)27)15-20(26)23-11-9-18(14-23)28-19-4-2-3-10-22-19/h2-8,10,18H,9,11-15H2,1H3. The van der Waals surface area contributed by atoms with Crippen molar-refractivity contribution in [3.8, 4) is 5.88 Å². The van der Waals surface area contributed by atoms with E-state index < -0.39 is 0 Å². The van der Waals surface area contributed by atoms with Crippen molar-refractivity contribution in [2.45, 2.75) is 19.4 Å². The Labute approximate surface area is 164 Å². The van der Waals surface area contributed by atoms with Crippen LogP contribution in [0.1, 0.15) is 12.0 Å². The van der Waals surface area contributed by atoms with Gasteiger partial charge in [0.25, 0.3) is 0 Å². The first-order valence-electron chi connectivity index (χ1n) is 9.59. The highest BCUT2D eigenvalue weighted by Crippen LogP contribution is 2.21. The zero-order valence-electron chi connectivity index (χ0n) is 16.0. The Bertz CT molecular complexity index is 840. The van der Waals surface area contributed by atoms with Crippen LogP contribution in [0.3, 0.4) is 0 Å². The lowest BCUT2D eigenvalue weighted by molar-refractivity contribution is -0.130. The number of ether oxygens (including phenoxy) is 1. The Morgan fingerprint density at radius 1 is 1.14 bits per heavy atom. The fourth-order valence-corrected chi connectivity index (χ4v) is 3.60. The van der Waals surface area contributed by atoms with Gasteiger partial charge in [-0.3, -0.25) is 9.69 Å². The van der Waals surface area contributed by atoms with Crippen LogP contribution in [0.2, 0.25) is 0 Å². The number of aromatic nitrogens is 1. The lowest BCUT2D eigenvalue weighted by atomic mass is 10.2. The maximum atomic E-state index is 12.7. The zero-order valence-corrected chi connectivity index (χ0v) is 16.0. The van der Waals surface area contributed by atoms with Gasteiger partial charge in [0.05, 0.1) is 6.54 Å². The van der Waals surface area contributed by atoms with Gasteiger partial charge in [0, 0.05) is 44.0 Å². The van der Waals surface area contributed by atoms with Crippen LogP contribution in [0.25, 0.3) is 0 Å². The summed E-state index contributed by atoms with van der Waals surface area (Å²) < 4.78 is 5.84. The molecule has 146 valence electrons. The summed E-state index contributed by atoms with van der Waals surface area (Å²) in [6.07, 6.45) is 2.40. The van der Waals surface area contributed by atoms with Crippen LogP contribution in [0, 0.1) is 6.92 Å². The minimum atomic E-state index is -0.113. The second kappa shape index (κ2) is 7.88. The SMILES string of the molecule is Cc1ccc(N2CCN(CC(=O)N3CCC(Oc4ccccn4)C3)C2=O)cc1. The number of rotatable bonds is 5. The van der Waals surface area contributed by atoms with Gasteiger partial charge in [-0.15, -0.1) is 0 Å². The van der Waals surface area contributed by atoms with E-state index in [1.165, 1.54) is 0 Å². The minimum Gasteiger partial charge on any atom is -0.472 e. The summed E-state index contributed by atoms with van der Waals surface area (Å²) in [5.74, 6) is 0.538. The molecule has 1 aromatic carbocycles. The minimum absolute atomic E-state index is 0.0359. The molecule has 3 amide bonds. The van der Waals surface area contributed by atoms with Crippen molar-refractivity contribution in [3.05, 3.63) is 54.2 Å². The van der Waals surface area contributed by atoms with Crippen LogP contribution in [0.15, 0.2) is 48.7 Å². The topological polar surface area (TPSA) is 66.0 Å². The predicted molar refractivity (Wildman–Crippen MR) is 105 cm³/mol. The van der Waals surface area contributed by atoms with Gasteiger partial charge in [-0.2, -0.15) is 0 Å². The summed E-state index contributed by atoms with van der Waals surface area (Å²) in [7, 11) is 0. The van der Waals surface area contributed by atoms with E-state index >= 15 is 0 Å². The van der Waals surface area contributed by atoms with Gasteiger partial charge >= 0.3 is 6.03 Å². The first-order chi connectivity index (χ1) is 13.6. The lowest BCUT2D eigenvalue weighted by Gasteiger charge is -2.22. The molecule has 4 rings (SSSR count). The second-order valence-corrected chi connectivity index (χ2v) is 7.23. The number of aryl methyl sites for hydroxylation is 1. The zero-order chi connectivity index (χ0) is 19.5. The van der Waals surface area contributed by atoms with Crippen molar-refractivity contribution in [1.82, 2.24) is 14.8 Å². The van der Waals surface area contributed by atoms with Gasteiger partial charge in [-0.05, 0) is 25.1 Å². The first-order valence-corrected chi connectivity index (χ1v) is 9.59. The van der Waals surface area contributed by atoms with E-state index in [-0.39, 0.29) is 24.6 Å². The molecule has 2 saturated heterocycles. The summed E-state index contributed by atoms with van der Waals surface area (Å²) >= 11 is 0. The van der Waals surface area contributed by atoms with Gasteiger partial charge in [0.15, 0.2) is 0 Å². The molecule has 2 aromatic rings. The van der Waals surface area contributed by atoms with E-state index in [9.17, 15) is 9.59 Å². The number of hydrogen-bond acceptors (Lipinski definition) is 4. The number of benzene rings is 1. The van der Waals surface area contributed by atoms with Gasteiger partial charge in [-0.1, -0.05) is 23.8 Å². The van der Waals surface area contributed by atoms with Crippen molar-refractivity contribution in [3.63, 3.8) is 0 Å². The quantitative estimate of drug-likeness (QED) is 0.798. The molecule has 3 heterocycles. The lowest BCUT2D eigenvalue weighted by Crippen LogP contribution is -2.42. The maximum absolute atomic E-state index is 12.7. The fourth-order valence-electron chi connectivity index (χ4n) is 3.60. The fraction of sp³-hybridized carbons (Fsp3) is 0.381. The van der Waals surface area contributed by atoms with Crippen molar-refractivity contribution in [2.75, 3.05) is 37.6 Å². The van der Waals surface area contributed by atoms with Gasteiger partial charge < -0.3 is 14.5 Å². The molecular weight excluding hydrogens is 356 g/mol. The van der Waals surface area contributed by atoms with Crippen molar-refractivity contribution in [2.24, 2.45) is 0 Å². The number of pyridine rings is 1. The average molecular weight is 380 g/mol. The summed E-state index contributed by atoms with van der Waals surface area (Å²) in [6.45, 7) is 4.44. The smallest absolute Gasteiger partial charge is 0.325 e. The first kappa shape index (κ1) is 18.3. The molecule has 0 saturated carbocycles. The molecule has 2 aliphatic rings. The molecular formula is C21H24N4O3. The van der Waals surface area contributed by atoms with Gasteiger partial charge in [0.1, 0.15) is 12.6 Å². The van der Waals surface area contributed by atoms with E-state index in [0.717, 1.165) is 17.7 Å². The van der Waals surface area contributed by atoms with Gasteiger partial charge in [0.2, 0.25) is 11.8 Å². The Balaban J connectivity index is 1.30. The molecule has 2 aliphatic heterocycles. The number of likely N-dealkylation sites (tertiary alicyclic amines) is 1. The van der Waals surface area contributed by atoms with Crippen molar-refractivity contribution < 1.29 is 14.3 Å². The molecule has 28 heavy (non-hydrogen) atoms. The molecule has 1 aromatic heterocycles. The Kier molecular flexibility index (Phi) is 5.14. The number of urea groups is 1. The monoisotopic (exact) mass is 380 g/mol. The van der Waals surface area contributed by atoms with E-state index in [0.29, 0.717) is 32.1 Å². The molecule has 0 N–H and O–H groups in total. The van der Waals surface area contributed by atoms with Crippen LogP contribution in [0.4, 0.5) is 10.5 Å².